The summed E-state index contributed by atoms with van der Waals surface area (Å²) in [4.78, 5) is 13.7. The molecule has 0 atom stereocenters. The van der Waals surface area contributed by atoms with Crippen molar-refractivity contribution in [3.8, 4) is 5.88 Å². The highest BCUT2D eigenvalue weighted by Gasteiger charge is 2.33. The summed E-state index contributed by atoms with van der Waals surface area (Å²) in [5.41, 5.74) is -0.936. The first-order valence-electron chi connectivity index (χ1n) is 3.99. The third-order valence-electron chi connectivity index (χ3n) is 1.58. The molecule has 0 fully saturated rings. The quantitative estimate of drug-likeness (QED) is 0.661. The minimum Gasteiger partial charge on any atom is -0.477 e. The van der Waals surface area contributed by atoms with Gasteiger partial charge in [0.2, 0.25) is 5.88 Å². The molecule has 0 saturated heterocycles. The summed E-state index contributed by atoms with van der Waals surface area (Å²) in [6, 6.07) is 0.855. The van der Waals surface area contributed by atoms with E-state index in [9.17, 15) is 22.4 Å². The van der Waals surface area contributed by atoms with E-state index in [-0.39, 0.29) is 9.13 Å². The van der Waals surface area contributed by atoms with Crippen molar-refractivity contribution in [2.24, 2.45) is 0 Å². The van der Waals surface area contributed by atoms with Crippen LogP contribution >= 0.6 is 22.6 Å². The number of carboxylic acid groups (broad SMARTS) is 1. The molecule has 0 spiro atoms. The maximum Gasteiger partial charge on any atom is 0.574 e. The molecule has 0 radical (unpaired) electrons. The lowest BCUT2D eigenvalue weighted by Crippen LogP contribution is -2.20. The molecule has 17 heavy (non-hydrogen) atoms. The van der Waals surface area contributed by atoms with Gasteiger partial charge in [-0.05, 0) is 28.7 Å². The van der Waals surface area contributed by atoms with E-state index < -0.39 is 30.6 Å². The lowest BCUT2D eigenvalue weighted by atomic mass is 10.2. The van der Waals surface area contributed by atoms with Crippen molar-refractivity contribution in [2.75, 3.05) is 0 Å². The monoisotopic (exact) mass is 365 g/mol. The van der Waals surface area contributed by atoms with E-state index in [1.165, 1.54) is 22.6 Å². The summed E-state index contributed by atoms with van der Waals surface area (Å²) in [6.07, 6.45) is -5.02. The number of hydrogen-bond acceptors (Lipinski definition) is 3. The Kier molecular flexibility index (Phi) is 4.11. The zero-order valence-electron chi connectivity index (χ0n) is 7.89. The van der Waals surface area contributed by atoms with Crippen LogP contribution in [0.15, 0.2) is 6.07 Å². The van der Waals surface area contributed by atoms with Gasteiger partial charge in [-0.2, -0.15) is 0 Å². The minimum absolute atomic E-state index is 0.215. The number of alkyl halides is 4. The average molecular weight is 365 g/mol. The number of pyridine rings is 1. The van der Waals surface area contributed by atoms with Crippen LogP contribution < -0.4 is 4.74 Å². The van der Waals surface area contributed by atoms with Gasteiger partial charge in [0, 0.05) is 5.56 Å². The number of carboxylic acids is 1. The molecule has 9 heteroatoms. The molecule has 1 aromatic heterocycles. The van der Waals surface area contributed by atoms with Crippen LogP contribution in [0.4, 0.5) is 17.6 Å². The average Bonchev–Trinajstić information content (AvgIpc) is 2.18. The van der Waals surface area contributed by atoms with Gasteiger partial charge in [0.15, 0.2) is 5.69 Å². The highest BCUT2D eigenvalue weighted by atomic mass is 127. The molecule has 0 aliphatic carbocycles. The summed E-state index contributed by atoms with van der Waals surface area (Å²) in [6.45, 7) is -1.12. The van der Waals surface area contributed by atoms with Crippen molar-refractivity contribution >= 4 is 28.6 Å². The predicted octanol–water partition coefficient (Wildman–Crippen LogP) is 2.75. The third-order valence-corrected chi connectivity index (χ3v) is 2.73. The predicted molar refractivity (Wildman–Crippen MR) is 55.4 cm³/mol. The van der Waals surface area contributed by atoms with Gasteiger partial charge < -0.3 is 9.84 Å². The van der Waals surface area contributed by atoms with E-state index in [0.717, 1.165) is 6.07 Å². The number of carbonyl (C=O) groups is 1. The summed E-state index contributed by atoms with van der Waals surface area (Å²) < 4.78 is 51.7. The van der Waals surface area contributed by atoms with Crippen molar-refractivity contribution in [1.82, 2.24) is 4.98 Å². The van der Waals surface area contributed by atoms with Crippen molar-refractivity contribution in [3.05, 3.63) is 20.9 Å². The zero-order valence-corrected chi connectivity index (χ0v) is 10.0. The van der Waals surface area contributed by atoms with Crippen molar-refractivity contribution in [3.63, 3.8) is 0 Å². The molecule has 0 unspecified atom stereocenters. The van der Waals surface area contributed by atoms with Crippen molar-refractivity contribution in [2.45, 2.75) is 13.0 Å². The standard InChI is InChI=1S/C8H4F4INO3/c9-2-3-1-4(7(15)16)14-6(5(3)13)17-8(10,11)12/h1H,2H2,(H,15,16). The van der Waals surface area contributed by atoms with Crippen LogP contribution in [0.5, 0.6) is 5.88 Å². The Bertz CT molecular complexity index is 449. The Hall–Kier alpha value is -1.13. The summed E-state index contributed by atoms with van der Waals surface area (Å²) >= 11 is 1.40. The van der Waals surface area contributed by atoms with Crippen LogP contribution in [0.1, 0.15) is 16.1 Å². The highest BCUT2D eigenvalue weighted by molar-refractivity contribution is 14.1. The molecule has 0 aromatic carbocycles. The van der Waals surface area contributed by atoms with Crippen molar-refractivity contribution in [1.29, 1.82) is 0 Å². The van der Waals surface area contributed by atoms with E-state index in [1.807, 2.05) is 0 Å². The van der Waals surface area contributed by atoms with E-state index in [1.54, 1.807) is 0 Å². The minimum atomic E-state index is -5.02. The molecule has 0 aliphatic rings. The fourth-order valence-electron chi connectivity index (χ4n) is 0.941. The molecule has 4 nitrogen and oxygen atoms in total. The van der Waals surface area contributed by atoms with Gasteiger partial charge in [-0.1, -0.05) is 0 Å². The second-order valence-corrected chi connectivity index (χ2v) is 3.85. The number of ether oxygens (including phenoxy) is 1. The Morgan fingerprint density at radius 1 is 1.53 bits per heavy atom. The third kappa shape index (κ3) is 3.68. The second-order valence-electron chi connectivity index (χ2n) is 2.77. The smallest absolute Gasteiger partial charge is 0.477 e. The van der Waals surface area contributed by atoms with Crippen molar-refractivity contribution < 1.29 is 32.2 Å². The Balaban J connectivity index is 3.28. The van der Waals surface area contributed by atoms with Crippen LogP contribution in [0.25, 0.3) is 0 Å². The van der Waals surface area contributed by atoms with Gasteiger partial charge in [-0.25, -0.2) is 14.2 Å². The first-order chi connectivity index (χ1) is 7.74. The maximum atomic E-state index is 12.5. The number of hydrogen-bond donors (Lipinski definition) is 1. The molecular formula is C8H4F4INO3. The number of halogens is 5. The summed E-state index contributed by atoms with van der Waals surface area (Å²) in [5.74, 6) is -2.53. The molecule has 0 saturated carbocycles. The lowest BCUT2D eigenvalue weighted by Gasteiger charge is -2.11. The number of aromatic nitrogens is 1. The Labute approximate surface area is 106 Å². The Morgan fingerprint density at radius 3 is 2.53 bits per heavy atom. The topological polar surface area (TPSA) is 59.4 Å². The van der Waals surface area contributed by atoms with Gasteiger partial charge >= 0.3 is 12.3 Å². The summed E-state index contributed by atoms with van der Waals surface area (Å²) in [5, 5.41) is 8.59. The molecule has 1 heterocycles. The fraction of sp³-hybridized carbons (Fsp3) is 0.250. The van der Waals surface area contributed by atoms with Crippen LogP contribution in [-0.2, 0) is 6.67 Å². The molecular weight excluding hydrogens is 361 g/mol. The van der Waals surface area contributed by atoms with Gasteiger partial charge in [0.1, 0.15) is 6.67 Å². The second kappa shape index (κ2) is 5.02. The molecule has 1 rings (SSSR count). The number of rotatable bonds is 3. The lowest BCUT2D eigenvalue weighted by molar-refractivity contribution is -0.276. The normalized spacial score (nSPS) is 11.4. The number of aromatic carboxylic acids is 1. The van der Waals surface area contributed by atoms with Gasteiger partial charge in [-0.3, -0.25) is 0 Å². The largest absolute Gasteiger partial charge is 0.574 e. The maximum absolute atomic E-state index is 12.5. The van der Waals surface area contributed by atoms with E-state index in [0.29, 0.717) is 0 Å². The van der Waals surface area contributed by atoms with Crippen LogP contribution in [0.3, 0.4) is 0 Å². The van der Waals surface area contributed by atoms with E-state index in [4.69, 9.17) is 5.11 Å². The molecule has 1 aromatic rings. The highest BCUT2D eigenvalue weighted by Crippen LogP contribution is 2.29. The van der Waals surface area contributed by atoms with Crippen LogP contribution in [-0.4, -0.2) is 22.4 Å². The SMILES string of the molecule is O=C(O)c1cc(CF)c(I)c(OC(F)(F)F)n1. The van der Waals surface area contributed by atoms with Crippen LogP contribution in [0, 0.1) is 3.57 Å². The number of nitrogens with zero attached hydrogens (tertiary/aromatic N) is 1. The fourth-order valence-corrected chi connectivity index (χ4v) is 1.47. The van der Waals surface area contributed by atoms with Gasteiger partial charge in [-0.15, -0.1) is 13.2 Å². The molecule has 0 aliphatic heterocycles. The molecule has 0 amide bonds. The first kappa shape index (κ1) is 13.9. The molecule has 0 bridgehead atoms. The van der Waals surface area contributed by atoms with E-state index in [2.05, 4.69) is 9.72 Å². The van der Waals surface area contributed by atoms with Crippen LogP contribution in [0.2, 0.25) is 0 Å². The summed E-state index contributed by atoms with van der Waals surface area (Å²) in [7, 11) is 0. The van der Waals surface area contributed by atoms with E-state index >= 15 is 0 Å². The molecule has 94 valence electrons. The molecule has 1 N–H and O–H groups in total. The Morgan fingerprint density at radius 2 is 2.12 bits per heavy atom. The van der Waals surface area contributed by atoms with Gasteiger partial charge in [0.25, 0.3) is 0 Å². The first-order valence-corrected chi connectivity index (χ1v) is 5.07. The zero-order chi connectivity index (χ0) is 13.2. The van der Waals surface area contributed by atoms with Gasteiger partial charge in [0.05, 0.1) is 3.57 Å².